The van der Waals surface area contributed by atoms with Crippen LogP contribution in [0.3, 0.4) is 0 Å². The van der Waals surface area contributed by atoms with Crippen molar-refractivity contribution in [2.24, 2.45) is 0 Å². The van der Waals surface area contributed by atoms with Crippen LogP contribution in [-0.4, -0.2) is 49.8 Å². The maximum atomic E-state index is 5.70. The molecule has 3 heteroatoms. The van der Waals surface area contributed by atoms with Gasteiger partial charge in [0.1, 0.15) is 0 Å². The van der Waals surface area contributed by atoms with Crippen LogP contribution in [-0.2, 0) is 4.74 Å². The summed E-state index contributed by atoms with van der Waals surface area (Å²) in [6, 6.07) is 0.564. The van der Waals surface area contributed by atoms with Crippen LogP contribution >= 0.6 is 0 Å². The highest BCUT2D eigenvalue weighted by atomic mass is 16.5. The normalized spacial score (nSPS) is 26.1. The van der Waals surface area contributed by atoms with E-state index in [-0.39, 0.29) is 0 Å². The summed E-state index contributed by atoms with van der Waals surface area (Å²) in [5, 5.41) is 3.41. The zero-order valence-corrected chi connectivity index (χ0v) is 11.7. The standard InChI is InChI=1S/C14H28N2O/c1-5-7-15-8-12(3)9-16-10-13(4)17-11-14(16)6-2/h13-15H,3,5-11H2,1-2,4H3. The van der Waals surface area contributed by atoms with E-state index < -0.39 is 0 Å². The van der Waals surface area contributed by atoms with E-state index >= 15 is 0 Å². The molecule has 17 heavy (non-hydrogen) atoms. The van der Waals surface area contributed by atoms with Gasteiger partial charge in [-0.25, -0.2) is 0 Å². The van der Waals surface area contributed by atoms with Crippen LogP contribution in [0.15, 0.2) is 12.2 Å². The van der Waals surface area contributed by atoms with Gasteiger partial charge in [0.05, 0.1) is 12.7 Å². The predicted molar refractivity (Wildman–Crippen MR) is 73.4 cm³/mol. The van der Waals surface area contributed by atoms with Crippen LogP contribution in [0.25, 0.3) is 0 Å². The lowest BCUT2D eigenvalue weighted by Gasteiger charge is -2.38. The van der Waals surface area contributed by atoms with Gasteiger partial charge in [0.25, 0.3) is 0 Å². The Kier molecular flexibility index (Phi) is 6.78. The van der Waals surface area contributed by atoms with Gasteiger partial charge in [-0.3, -0.25) is 4.90 Å². The van der Waals surface area contributed by atoms with Crippen LogP contribution in [0.2, 0.25) is 0 Å². The molecule has 1 aliphatic heterocycles. The molecule has 1 heterocycles. The zero-order valence-electron chi connectivity index (χ0n) is 11.7. The molecule has 0 aromatic rings. The molecule has 2 atom stereocenters. The third-order valence-corrected chi connectivity index (χ3v) is 3.28. The fourth-order valence-corrected chi connectivity index (χ4v) is 2.27. The maximum absolute atomic E-state index is 5.70. The number of rotatable bonds is 7. The van der Waals surface area contributed by atoms with E-state index in [2.05, 4.69) is 37.6 Å². The second-order valence-corrected chi connectivity index (χ2v) is 5.06. The van der Waals surface area contributed by atoms with Gasteiger partial charge >= 0.3 is 0 Å². The summed E-state index contributed by atoms with van der Waals surface area (Å²) in [5.74, 6) is 0. The Morgan fingerprint density at radius 3 is 2.88 bits per heavy atom. The molecule has 0 aromatic heterocycles. The molecule has 1 aliphatic rings. The van der Waals surface area contributed by atoms with E-state index in [1.165, 1.54) is 12.0 Å². The SMILES string of the molecule is C=C(CNCCC)CN1CC(C)OCC1CC. The van der Waals surface area contributed by atoms with E-state index in [0.29, 0.717) is 12.1 Å². The average Bonchev–Trinajstić information content (AvgIpc) is 2.29. The Labute approximate surface area is 106 Å². The molecule has 0 amide bonds. The van der Waals surface area contributed by atoms with Gasteiger partial charge in [0.2, 0.25) is 0 Å². The van der Waals surface area contributed by atoms with Crippen molar-refractivity contribution in [1.82, 2.24) is 10.2 Å². The maximum Gasteiger partial charge on any atom is 0.0674 e. The Bertz CT molecular complexity index is 230. The highest BCUT2D eigenvalue weighted by Crippen LogP contribution is 2.15. The summed E-state index contributed by atoms with van der Waals surface area (Å²) < 4.78 is 5.70. The van der Waals surface area contributed by atoms with Crippen LogP contribution < -0.4 is 5.32 Å². The second-order valence-electron chi connectivity index (χ2n) is 5.06. The van der Waals surface area contributed by atoms with Crippen LogP contribution in [0.5, 0.6) is 0 Å². The van der Waals surface area contributed by atoms with Crippen molar-refractivity contribution in [3.05, 3.63) is 12.2 Å². The smallest absolute Gasteiger partial charge is 0.0674 e. The first kappa shape index (κ1) is 14.7. The van der Waals surface area contributed by atoms with Gasteiger partial charge in [-0.2, -0.15) is 0 Å². The summed E-state index contributed by atoms with van der Waals surface area (Å²) in [5.41, 5.74) is 1.28. The van der Waals surface area contributed by atoms with Crippen molar-refractivity contribution in [3.63, 3.8) is 0 Å². The first-order chi connectivity index (χ1) is 8.17. The minimum atomic E-state index is 0.356. The number of hydrogen-bond donors (Lipinski definition) is 1. The fourth-order valence-electron chi connectivity index (χ4n) is 2.27. The molecule has 0 aliphatic carbocycles. The van der Waals surface area contributed by atoms with E-state index in [4.69, 9.17) is 4.74 Å². The molecule has 2 unspecified atom stereocenters. The molecule has 1 saturated heterocycles. The summed E-state index contributed by atoms with van der Waals surface area (Å²) in [6.07, 6.45) is 2.69. The van der Waals surface area contributed by atoms with E-state index in [1.807, 2.05) is 0 Å². The summed E-state index contributed by atoms with van der Waals surface area (Å²) in [7, 11) is 0. The molecular formula is C14H28N2O. The molecule has 100 valence electrons. The minimum absolute atomic E-state index is 0.356. The number of hydrogen-bond acceptors (Lipinski definition) is 3. The molecule has 0 spiro atoms. The van der Waals surface area contributed by atoms with Crippen molar-refractivity contribution in [3.8, 4) is 0 Å². The van der Waals surface area contributed by atoms with Crippen molar-refractivity contribution in [2.75, 3.05) is 32.8 Å². The van der Waals surface area contributed by atoms with E-state index in [0.717, 1.165) is 39.2 Å². The van der Waals surface area contributed by atoms with Gasteiger partial charge < -0.3 is 10.1 Å². The third-order valence-electron chi connectivity index (χ3n) is 3.28. The van der Waals surface area contributed by atoms with Crippen LogP contribution in [0, 0.1) is 0 Å². The van der Waals surface area contributed by atoms with Crippen molar-refractivity contribution >= 4 is 0 Å². The topological polar surface area (TPSA) is 24.5 Å². The number of nitrogens with zero attached hydrogens (tertiary/aromatic N) is 1. The molecule has 3 nitrogen and oxygen atoms in total. The molecule has 1 rings (SSSR count). The molecule has 0 saturated carbocycles. The quantitative estimate of drug-likeness (QED) is 0.544. The van der Waals surface area contributed by atoms with Crippen molar-refractivity contribution in [1.29, 1.82) is 0 Å². The number of ether oxygens (including phenoxy) is 1. The average molecular weight is 240 g/mol. The number of nitrogens with one attached hydrogen (secondary N) is 1. The monoisotopic (exact) mass is 240 g/mol. The van der Waals surface area contributed by atoms with Crippen LogP contribution in [0.1, 0.15) is 33.6 Å². The molecule has 0 bridgehead atoms. The van der Waals surface area contributed by atoms with Gasteiger partial charge in [0.15, 0.2) is 0 Å². The number of morpholine rings is 1. The molecule has 0 radical (unpaired) electrons. The summed E-state index contributed by atoms with van der Waals surface area (Å²) in [4.78, 5) is 2.52. The van der Waals surface area contributed by atoms with Gasteiger partial charge in [-0.05, 0) is 31.9 Å². The van der Waals surface area contributed by atoms with Gasteiger partial charge in [-0.1, -0.05) is 20.4 Å². The van der Waals surface area contributed by atoms with Crippen molar-refractivity contribution in [2.45, 2.75) is 45.8 Å². The third kappa shape index (κ3) is 5.19. The Morgan fingerprint density at radius 1 is 1.47 bits per heavy atom. The minimum Gasteiger partial charge on any atom is -0.376 e. The zero-order chi connectivity index (χ0) is 12.7. The molecular weight excluding hydrogens is 212 g/mol. The Morgan fingerprint density at radius 2 is 2.24 bits per heavy atom. The van der Waals surface area contributed by atoms with E-state index in [1.54, 1.807) is 0 Å². The Hall–Kier alpha value is -0.380. The lowest BCUT2D eigenvalue weighted by atomic mass is 10.1. The van der Waals surface area contributed by atoms with Gasteiger partial charge in [0, 0.05) is 25.7 Å². The largest absolute Gasteiger partial charge is 0.376 e. The highest BCUT2D eigenvalue weighted by Gasteiger charge is 2.25. The Balaban J connectivity index is 2.33. The van der Waals surface area contributed by atoms with Crippen LogP contribution in [0.4, 0.5) is 0 Å². The summed E-state index contributed by atoms with van der Waals surface area (Å²) in [6.45, 7) is 15.7. The highest BCUT2D eigenvalue weighted by molar-refractivity contribution is 5.01. The first-order valence-corrected chi connectivity index (χ1v) is 6.90. The predicted octanol–water partition coefficient (Wildman–Crippen LogP) is 2.04. The lowest BCUT2D eigenvalue weighted by molar-refractivity contribution is -0.0522. The second kappa shape index (κ2) is 7.85. The molecule has 1 fully saturated rings. The summed E-state index contributed by atoms with van der Waals surface area (Å²) >= 11 is 0. The van der Waals surface area contributed by atoms with Gasteiger partial charge in [-0.15, -0.1) is 0 Å². The fraction of sp³-hybridized carbons (Fsp3) is 0.857. The lowest BCUT2D eigenvalue weighted by Crippen LogP contribution is -2.49. The first-order valence-electron chi connectivity index (χ1n) is 6.90. The van der Waals surface area contributed by atoms with E-state index in [9.17, 15) is 0 Å². The van der Waals surface area contributed by atoms with Crippen molar-refractivity contribution < 1.29 is 4.74 Å². The molecule has 0 aromatic carbocycles. The molecule has 1 N–H and O–H groups in total.